The van der Waals surface area contributed by atoms with Crippen LogP contribution in [0, 0.1) is 5.92 Å². The summed E-state index contributed by atoms with van der Waals surface area (Å²) in [5.74, 6) is -0.0482. The fourth-order valence-corrected chi connectivity index (χ4v) is 3.94. The predicted octanol–water partition coefficient (Wildman–Crippen LogP) is 3.26. The largest absolute Gasteiger partial charge is 0.478 e. The van der Waals surface area contributed by atoms with Gasteiger partial charge < -0.3 is 10.0 Å². The Morgan fingerprint density at radius 2 is 1.96 bits per heavy atom. The Balaban J connectivity index is 1.52. The number of nitrogens with zero attached hydrogens (tertiary/aromatic N) is 2. The van der Waals surface area contributed by atoms with Gasteiger partial charge in [-0.3, -0.25) is 9.69 Å². The molecule has 2 aliphatic heterocycles. The molecule has 25 heavy (non-hydrogen) atoms. The van der Waals surface area contributed by atoms with Crippen LogP contribution < -0.4 is 0 Å². The van der Waals surface area contributed by atoms with Gasteiger partial charge >= 0.3 is 5.97 Å². The van der Waals surface area contributed by atoms with Gasteiger partial charge in [0.1, 0.15) is 0 Å². The van der Waals surface area contributed by atoms with E-state index in [1.165, 1.54) is 6.07 Å². The number of amides is 1. The number of piperidine rings is 2. The van der Waals surface area contributed by atoms with Gasteiger partial charge in [-0.2, -0.15) is 0 Å². The van der Waals surface area contributed by atoms with Crippen molar-refractivity contribution in [3.63, 3.8) is 0 Å². The Morgan fingerprint density at radius 1 is 1.20 bits per heavy atom. The van der Waals surface area contributed by atoms with Crippen LogP contribution in [-0.4, -0.2) is 53.0 Å². The van der Waals surface area contributed by atoms with E-state index in [1.54, 1.807) is 12.1 Å². The molecule has 1 amide bonds. The van der Waals surface area contributed by atoms with Crippen LogP contribution >= 0.6 is 11.6 Å². The molecule has 1 N–H and O–H groups in total. The minimum atomic E-state index is -0.928. The van der Waals surface area contributed by atoms with E-state index in [1.807, 2.05) is 4.90 Å². The van der Waals surface area contributed by atoms with Crippen molar-refractivity contribution in [1.29, 1.82) is 0 Å². The van der Waals surface area contributed by atoms with Gasteiger partial charge in [0.2, 0.25) is 5.91 Å². The lowest BCUT2D eigenvalue weighted by molar-refractivity contribution is -0.134. The SMILES string of the molecule is O=C(O)c1ccc(Cl)c(CN2CCC(CN3CCCCC3=O)CC2)c1. The molecule has 2 saturated heterocycles. The Morgan fingerprint density at radius 3 is 2.64 bits per heavy atom. The molecule has 2 fully saturated rings. The second-order valence-electron chi connectivity index (χ2n) is 7.13. The Labute approximate surface area is 153 Å². The van der Waals surface area contributed by atoms with Crippen molar-refractivity contribution in [3.05, 3.63) is 34.3 Å². The number of hydrogen-bond donors (Lipinski definition) is 1. The number of likely N-dealkylation sites (tertiary alicyclic amines) is 2. The topological polar surface area (TPSA) is 60.9 Å². The van der Waals surface area contributed by atoms with Crippen molar-refractivity contribution >= 4 is 23.5 Å². The first-order chi connectivity index (χ1) is 12.0. The highest BCUT2D eigenvalue weighted by molar-refractivity contribution is 6.31. The molecule has 0 saturated carbocycles. The molecule has 1 aromatic carbocycles. The normalized spacial score (nSPS) is 20.0. The fraction of sp³-hybridized carbons (Fsp3) is 0.579. The molecule has 2 heterocycles. The summed E-state index contributed by atoms with van der Waals surface area (Å²) in [6.45, 7) is 4.40. The maximum absolute atomic E-state index is 12.0. The van der Waals surface area contributed by atoms with E-state index in [2.05, 4.69) is 4.90 Å². The maximum Gasteiger partial charge on any atom is 0.335 e. The smallest absolute Gasteiger partial charge is 0.335 e. The lowest BCUT2D eigenvalue weighted by Gasteiger charge is -2.36. The number of benzene rings is 1. The van der Waals surface area contributed by atoms with Gasteiger partial charge in [0.25, 0.3) is 0 Å². The van der Waals surface area contributed by atoms with Crippen molar-refractivity contribution in [2.24, 2.45) is 5.92 Å². The quantitative estimate of drug-likeness (QED) is 0.871. The molecule has 0 aliphatic carbocycles. The number of carbonyl (C=O) groups excluding carboxylic acids is 1. The summed E-state index contributed by atoms with van der Waals surface area (Å²) in [6.07, 6.45) is 5.00. The van der Waals surface area contributed by atoms with Gasteiger partial charge in [0.05, 0.1) is 5.56 Å². The number of hydrogen-bond acceptors (Lipinski definition) is 3. The van der Waals surface area contributed by atoms with Gasteiger partial charge in [0.15, 0.2) is 0 Å². The van der Waals surface area contributed by atoms with Crippen LogP contribution in [0.5, 0.6) is 0 Å². The van der Waals surface area contributed by atoms with Crippen LogP contribution in [0.2, 0.25) is 5.02 Å². The second-order valence-corrected chi connectivity index (χ2v) is 7.53. The first-order valence-corrected chi connectivity index (χ1v) is 9.42. The van der Waals surface area contributed by atoms with Gasteiger partial charge in [-0.25, -0.2) is 4.79 Å². The molecule has 0 radical (unpaired) electrons. The molecule has 0 aromatic heterocycles. The molecule has 136 valence electrons. The van der Waals surface area contributed by atoms with Crippen LogP contribution in [0.3, 0.4) is 0 Å². The molecule has 3 rings (SSSR count). The zero-order chi connectivity index (χ0) is 17.8. The van der Waals surface area contributed by atoms with Crippen LogP contribution in [-0.2, 0) is 11.3 Å². The van der Waals surface area contributed by atoms with E-state index in [9.17, 15) is 9.59 Å². The number of rotatable bonds is 5. The van der Waals surface area contributed by atoms with E-state index in [-0.39, 0.29) is 5.56 Å². The number of carbonyl (C=O) groups is 2. The number of aromatic carboxylic acids is 1. The van der Waals surface area contributed by atoms with Crippen LogP contribution in [0.1, 0.15) is 48.0 Å². The van der Waals surface area contributed by atoms with Crippen LogP contribution in [0.15, 0.2) is 18.2 Å². The third-order valence-electron chi connectivity index (χ3n) is 5.29. The fourth-order valence-electron chi connectivity index (χ4n) is 3.76. The van der Waals surface area contributed by atoms with Crippen molar-refractivity contribution in [2.75, 3.05) is 26.2 Å². The summed E-state index contributed by atoms with van der Waals surface area (Å²) in [6, 6.07) is 4.87. The van der Waals surface area contributed by atoms with Gasteiger partial charge in [-0.05, 0) is 68.5 Å². The Hall–Kier alpha value is -1.59. The van der Waals surface area contributed by atoms with E-state index in [0.717, 1.165) is 57.4 Å². The van der Waals surface area contributed by atoms with E-state index < -0.39 is 5.97 Å². The molecular weight excluding hydrogens is 340 g/mol. The zero-order valence-electron chi connectivity index (χ0n) is 14.4. The van der Waals surface area contributed by atoms with Crippen molar-refractivity contribution in [3.8, 4) is 0 Å². The highest BCUT2D eigenvalue weighted by Crippen LogP contribution is 2.25. The average Bonchev–Trinajstić information content (AvgIpc) is 2.60. The predicted molar refractivity (Wildman–Crippen MR) is 96.8 cm³/mol. The maximum atomic E-state index is 12.0. The van der Waals surface area contributed by atoms with Crippen molar-refractivity contribution in [1.82, 2.24) is 9.80 Å². The number of halogens is 1. The molecule has 0 atom stereocenters. The molecule has 1 aromatic rings. The van der Waals surface area contributed by atoms with Crippen molar-refractivity contribution in [2.45, 2.75) is 38.6 Å². The number of carboxylic acids is 1. The van der Waals surface area contributed by atoms with Gasteiger partial charge in [-0.1, -0.05) is 11.6 Å². The van der Waals surface area contributed by atoms with Gasteiger partial charge in [0, 0.05) is 31.1 Å². The molecular formula is C19H25ClN2O3. The molecule has 5 nitrogen and oxygen atoms in total. The lowest BCUT2D eigenvalue weighted by Crippen LogP contribution is -2.42. The summed E-state index contributed by atoms with van der Waals surface area (Å²) >= 11 is 6.23. The minimum Gasteiger partial charge on any atom is -0.478 e. The Bertz CT molecular complexity index is 642. The first-order valence-electron chi connectivity index (χ1n) is 9.05. The molecule has 0 bridgehead atoms. The van der Waals surface area contributed by atoms with Crippen LogP contribution in [0.4, 0.5) is 0 Å². The zero-order valence-corrected chi connectivity index (χ0v) is 15.2. The van der Waals surface area contributed by atoms with Crippen molar-refractivity contribution < 1.29 is 14.7 Å². The van der Waals surface area contributed by atoms with Gasteiger partial charge in [-0.15, -0.1) is 0 Å². The summed E-state index contributed by atoms with van der Waals surface area (Å²) < 4.78 is 0. The monoisotopic (exact) mass is 364 g/mol. The summed E-state index contributed by atoms with van der Waals surface area (Å²) in [7, 11) is 0. The van der Waals surface area contributed by atoms with E-state index in [4.69, 9.17) is 16.7 Å². The highest BCUT2D eigenvalue weighted by atomic mass is 35.5. The van der Waals surface area contributed by atoms with E-state index in [0.29, 0.717) is 29.8 Å². The average molecular weight is 365 g/mol. The summed E-state index contributed by atoms with van der Waals surface area (Å²) in [5, 5.41) is 9.75. The highest BCUT2D eigenvalue weighted by Gasteiger charge is 2.25. The minimum absolute atomic E-state index is 0.276. The molecule has 0 unspecified atom stereocenters. The molecule has 6 heteroatoms. The first kappa shape index (κ1) is 18.2. The Kier molecular flexibility index (Phi) is 5.97. The molecule has 0 spiro atoms. The second kappa shape index (κ2) is 8.19. The standard InChI is InChI=1S/C19H25ClN2O3/c20-17-5-4-15(19(24)25)11-16(17)13-21-9-6-14(7-10-21)12-22-8-2-1-3-18(22)23/h4-5,11,14H,1-3,6-10,12-13H2,(H,24,25). The third-order valence-corrected chi connectivity index (χ3v) is 5.66. The molecule has 2 aliphatic rings. The number of carboxylic acid groups (broad SMARTS) is 1. The summed E-state index contributed by atoms with van der Waals surface area (Å²) in [4.78, 5) is 27.4. The lowest BCUT2D eigenvalue weighted by atomic mass is 9.94. The summed E-state index contributed by atoms with van der Waals surface area (Å²) in [5.41, 5.74) is 1.14. The van der Waals surface area contributed by atoms with Crippen LogP contribution in [0.25, 0.3) is 0 Å². The third kappa shape index (κ3) is 4.73. The van der Waals surface area contributed by atoms with E-state index >= 15 is 0 Å².